The maximum Gasteiger partial charge on any atom is 0.326 e. The topological polar surface area (TPSA) is 83.5 Å². The number of aryl methyl sites for hydroxylation is 1. The van der Waals surface area contributed by atoms with Crippen LogP contribution in [-0.4, -0.2) is 28.8 Å². The third kappa shape index (κ3) is 5.84. The van der Waals surface area contributed by atoms with Crippen molar-refractivity contribution >= 4 is 17.7 Å². The van der Waals surface area contributed by atoms with Gasteiger partial charge in [0.15, 0.2) is 5.78 Å². The van der Waals surface area contributed by atoms with Crippen LogP contribution >= 0.6 is 0 Å². The molecule has 1 amide bonds. The quantitative estimate of drug-likeness (QED) is 0.679. The molecule has 26 heavy (non-hydrogen) atoms. The number of hydrogen-bond acceptors (Lipinski definition) is 3. The number of carbonyl (C=O) groups excluding carboxylic acids is 2. The minimum absolute atomic E-state index is 0.0348. The summed E-state index contributed by atoms with van der Waals surface area (Å²) in [6, 6.07) is 15.4. The van der Waals surface area contributed by atoms with Gasteiger partial charge >= 0.3 is 5.97 Å². The molecule has 1 unspecified atom stereocenters. The van der Waals surface area contributed by atoms with Crippen LogP contribution in [0.3, 0.4) is 0 Å². The van der Waals surface area contributed by atoms with E-state index < -0.39 is 17.9 Å². The number of benzene rings is 2. The van der Waals surface area contributed by atoms with Crippen LogP contribution in [0.5, 0.6) is 0 Å². The first-order valence-corrected chi connectivity index (χ1v) is 8.67. The zero-order valence-corrected chi connectivity index (χ0v) is 14.8. The van der Waals surface area contributed by atoms with E-state index >= 15 is 0 Å². The van der Waals surface area contributed by atoms with Gasteiger partial charge in [-0.25, -0.2) is 4.79 Å². The summed E-state index contributed by atoms with van der Waals surface area (Å²) in [4.78, 5) is 35.6. The third-order valence-electron chi connectivity index (χ3n) is 4.18. The van der Waals surface area contributed by atoms with Gasteiger partial charge in [-0.3, -0.25) is 9.59 Å². The summed E-state index contributed by atoms with van der Waals surface area (Å²) in [5, 5.41) is 11.8. The number of ketones is 1. The van der Waals surface area contributed by atoms with Crippen molar-refractivity contribution in [1.82, 2.24) is 5.32 Å². The Morgan fingerprint density at radius 3 is 2.15 bits per heavy atom. The first-order valence-electron chi connectivity index (χ1n) is 8.67. The maximum atomic E-state index is 12.2. The molecule has 0 aliphatic carbocycles. The van der Waals surface area contributed by atoms with E-state index in [1.54, 1.807) is 12.1 Å². The number of rotatable bonds is 9. The normalized spacial score (nSPS) is 11.6. The maximum absolute atomic E-state index is 12.2. The summed E-state index contributed by atoms with van der Waals surface area (Å²) in [6.45, 7) is 2.04. The number of carboxylic acid groups (broad SMARTS) is 1. The Kier molecular flexibility index (Phi) is 7.09. The van der Waals surface area contributed by atoms with Gasteiger partial charge < -0.3 is 10.4 Å². The SMILES string of the molecule is CCc1ccc(C(=O)CCC(=O)NC(Cc2ccccc2)C(=O)O)cc1. The summed E-state index contributed by atoms with van der Waals surface area (Å²) >= 11 is 0. The Morgan fingerprint density at radius 1 is 0.923 bits per heavy atom. The number of hydrogen-bond donors (Lipinski definition) is 2. The van der Waals surface area contributed by atoms with Gasteiger partial charge in [0, 0.05) is 24.8 Å². The lowest BCUT2D eigenvalue weighted by Gasteiger charge is -2.14. The molecule has 136 valence electrons. The molecule has 2 rings (SSSR count). The van der Waals surface area contributed by atoms with Crippen LogP contribution in [0.2, 0.25) is 0 Å². The molecule has 0 aromatic heterocycles. The van der Waals surface area contributed by atoms with E-state index in [1.165, 1.54) is 0 Å². The molecule has 0 aliphatic heterocycles. The number of carbonyl (C=O) groups is 3. The van der Waals surface area contributed by atoms with E-state index in [4.69, 9.17) is 0 Å². The standard InChI is InChI=1S/C21H23NO4/c1-2-15-8-10-17(11-9-15)19(23)12-13-20(24)22-18(21(25)26)14-16-6-4-3-5-7-16/h3-11,18H,2,12-14H2,1H3,(H,22,24)(H,25,26). The minimum atomic E-state index is -1.09. The van der Waals surface area contributed by atoms with Crippen LogP contribution in [0.15, 0.2) is 54.6 Å². The molecule has 2 N–H and O–H groups in total. The molecule has 0 fully saturated rings. The first kappa shape index (κ1) is 19.4. The fourth-order valence-electron chi connectivity index (χ4n) is 2.61. The van der Waals surface area contributed by atoms with Crippen LogP contribution < -0.4 is 5.32 Å². The Labute approximate surface area is 153 Å². The number of Topliss-reactive ketones (excluding diaryl/α,β-unsaturated/α-hetero) is 1. The smallest absolute Gasteiger partial charge is 0.326 e. The fourth-order valence-corrected chi connectivity index (χ4v) is 2.61. The van der Waals surface area contributed by atoms with Gasteiger partial charge in [0.2, 0.25) is 5.91 Å². The highest BCUT2D eigenvalue weighted by molar-refractivity contribution is 5.98. The van der Waals surface area contributed by atoms with E-state index in [9.17, 15) is 19.5 Å². The lowest BCUT2D eigenvalue weighted by atomic mass is 10.0. The van der Waals surface area contributed by atoms with Gasteiger partial charge in [0.05, 0.1) is 0 Å². The Balaban J connectivity index is 1.87. The molecular weight excluding hydrogens is 330 g/mol. The molecule has 0 heterocycles. The summed E-state index contributed by atoms with van der Waals surface area (Å²) < 4.78 is 0. The van der Waals surface area contributed by atoms with Gasteiger partial charge in [-0.15, -0.1) is 0 Å². The highest BCUT2D eigenvalue weighted by atomic mass is 16.4. The second kappa shape index (κ2) is 9.51. The molecule has 5 heteroatoms. The summed E-state index contributed by atoms with van der Waals surface area (Å²) in [7, 11) is 0. The van der Waals surface area contributed by atoms with Crippen LogP contribution in [-0.2, 0) is 22.4 Å². The second-order valence-electron chi connectivity index (χ2n) is 6.12. The second-order valence-corrected chi connectivity index (χ2v) is 6.12. The molecule has 0 aliphatic rings. The van der Waals surface area contributed by atoms with E-state index in [1.807, 2.05) is 49.4 Å². The van der Waals surface area contributed by atoms with Gasteiger partial charge in [-0.2, -0.15) is 0 Å². The number of nitrogens with one attached hydrogen (secondary N) is 1. The lowest BCUT2D eigenvalue weighted by molar-refractivity contribution is -0.141. The van der Waals surface area contributed by atoms with Gasteiger partial charge in [-0.1, -0.05) is 61.5 Å². The largest absolute Gasteiger partial charge is 0.480 e. The van der Waals surface area contributed by atoms with Crippen LogP contribution in [0.25, 0.3) is 0 Å². The average Bonchev–Trinajstić information content (AvgIpc) is 2.66. The van der Waals surface area contributed by atoms with Crippen molar-refractivity contribution in [2.75, 3.05) is 0 Å². The van der Waals surface area contributed by atoms with Crippen molar-refractivity contribution in [3.63, 3.8) is 0 Å². The summed E-state index contributed by atoms with van der Waals surface area (Å²) in [5.41, 5.74) is 2.53. The molecule has 1 atom stereocenters. The predicted octanol–water partition coefficient (Wildman–Crippen LogP) is 3.02. The van der Waals surface area contributed by atoms with E-state index in [0.717, 1.165) is 17.5 Å². The van der Waals surface area contributed by atoms with Gasteiger partial charge in [0.1, 0.15) is 6.04 Å². The van der Waals surface area contributed by atoms with Crippen molar-refractivity contribution < 1.29 is 19.5 Å². The monoisotopic (exact) mass is 353 g/mol. The molecular formula is C21H23NO4. The Hall–Kier alpha value is -2.95. The first-order chi connectivity index (χ1) is 12.5. The van der Waals surface area contributed by atoms with Crippen LogP contribution in [0.4, 0.5) is 0 Å². The average molecular weight is 353 g/mol. The van der Waals surface area contributed by atoms with E-state index in [-0.39, 0.29) is 25.0 Å². The Morgan fingerprint density at radius 2 is 1.58 bits per heavy atom. The van der Waals surface area contributed by atoms with Crippen molar-refractivity contribution in [3.05, 3.63) is 71.3 Å². The number of amides is 1. The lowest BCUT2D eigenvalue weighted by Crippen LogP contribution is -2.42. The number of carboxylic acids is 1. The summed E-state index contributed by atoms with van der Waals surface area (Å²) in [6.07, 6.45) is 1.12. The number of aliphatic carboxylic acids is 1. The van der Waals surface area contributed by atoms with Gasteiger partial charge in [0.25, 0.3) is 0 Å². The molecule has 0 spiro atoms. The molecule has 0 radical (unpaired) electrons. The summed E-state index contributed by atoms with van der Waals surface area (Å²) in [5.74, 6) is -1.66. The van der Waals surface area contributed by atoms with Crippen LogP contribution in [0, 0.1) is 0 Å². The van der Waals surface area contributed by atoms with E-state index in [0.29, 0.717) is 5.56 Å². The molecule has 0 saturated heterocycles. The fraction of sp³-hybridized carbons (Fsp3) is 0.286. The molecule has 5 nitrogen and oxygen atoms in total. The van der Waals surface area contributed by atoms with E-state index in [2.05, 4.69) is 5.32 Å². The van der Waals surface area contributed by atoms with Crippen molar-refractivity contribution in [2.45, 2.75) is 38.6 Å². The van der Waals surface area contributed by atoms with Crippen molar-refractivity contribution in [2.24, 2.45) is 0 Å². The zero-order chi connectivity index (χ0) is 18.9. The predicted molar refractivity (Wildman–Crippen MR) is 99.1 cm³/mol. The van der Waals surface area contributed by atoms with Crippen molar-refractivity contribution in [3.8, 4) is 0 Å². The molecule has 2 aromatic carbocycles. The van der Waals surface area contributed by atoms with Gasteiger partial charge in [-0.05, 0) is 17.5 Å². The Bertz CT molecular complexity index is 753. The minimum Gasteiger partial charge on any atom is -0.480 e. The zero-order valence-electron chi connectivity index (χ0n) is 14.8. The highest BCUT2D eigenvalue weighted by Gasteiger charge is 2.20. The molecule has 2 aromatic rings. The molecule has 0 saturated carbocycles. The molecule has 0 bridgehead atoms. The van der Waals surface area contributed by atoms with Crippen LogP contribution in [0.1, 0.15) is 41.3 Å². The van der Waals surface area contributed by atoms with Crippen molar-refractivity contribution in [1.29, 1.82) is 0 Å². The highest BCUT2D eigenvalue weighted by Crippen LogP contribution is 2.09. The third-order valence-corrected chi connectivity index (χ3v) is 4.18.